The molecule has 0 saturated heterocycles. The third kappa shape index (κ3) is 3.42. The number of aryl methyl sites for hydroxylation is 1. The van der Waals surface area contributed by atoms with Crippen molar-refractivity contribution in [3.05, 3.63) is 105 Å². The Labute approximate surface area is 162 Å². The first-order valence-electron chi connectivity index (χ1n) is 8.65. The van der Waals surface area contributed by atoms with Crippen LogP contribution in [0.1, 0.15) is 17.0 Å². The van der Waals surface area contributed by atoms with Crippen LogP contribution >= 0.6 is 11.6 Å². The van der Waals surface area contributed by atoms with Crippen LogP contribution in [-0.2, 0) is 0 Å². The summed E-state index contributed by atoms with van der Waals surface area (Å²) < 4.78 is 1.56. The normalized spacial score (nSPS) is 11.3. The molecule has 0 aliphatic rings. The molecule has 132 valence electrons. The molecule has 1 aromatic heterocycles. The van der Waals surface area contributed by atoms with E-state index in [0.717, 1.165) is 5.56 Å². The zero-order valence-electron chi connectivity index (χ0n) is 14.8. The van der Waals surface area contributed by atoms with E-state index in [1.54, 1.807) is 16.7 Å². The molecule has 0 aliphatic carbocycles. The molecule has 4 aromatic rings. The summed E-state index contributed by atoms with van der Waals surface area (Å²) >= 11 is 6.38. The lowest BCUT2D eigenvalue weighted by Gasteiger charge is -2.12. The number of fused-ring (bicyclic) bond motifs is 1. The van der Waals surface area contributed by atoms with Gasteiger partial charge in [-0.05, 0) is 42.8 Å². The van der Waals surface area contributed by atoms with Crippen LogP contribution in [0.2, 0.25) is 5.02 Å². The topological polar surface area (TPSA) is 34.9 Å². The lowest BCUT2D eigenvalue weighted by molar-refractivity contribution is 0.944. The van der Waals surface area contributed by atoms with Gasteiger partial charge in [0, 0.05) is 0 Å². The number of hydrogen-bond acceptors (Lipinski definition) is 2. The highest BCUT2D eigenvalue weighted by molar-refractivity contribution is 6.32. The van der Waals surface area contributed by atoms with Gasteiger partial charge < -0.3 is 0 Å². The van der Waals surface area contributed by atoms with E-state index < -0.39 is 0 Å². The van der Waals surface area contributed by atoms with Crippen LogP contribution in [0.25, 0.3) is 28.7 Å². The van der Waals surface area contributed by atoms with Gasteiger partial charge in [-0.3, -0.25) is 9.36 Å². The number of halogens is 1. The van der Waals surface area contributed by atoms with Gasteiger partial charge in [0.05, 0.1) is 21.6 Å². The zero-order valence-corrected chi connectivity index (χ0v) is 15.5. The van der Waals surface area contributed by atoms with Crippen molar-refractivity contribution in [1.29, 1.82) is 0 Å². The number of nitrogens with zero attached hydrogens (tertiary/aromatic N) is 2. The number of benzene rings is 3. The maximum atomic E-state index is 13.2. The number of hydrogen-bond donors (Lipinski definition) is 0. The number of rotatable bonds is 3. The zero-order chi connectivity index (χ0) is 18.8. The van der Waals surface area contributed by atoms with Gasteiger partial charge in [-0.15, -0.1) is 0 Å². The van der Waals surface area contributed by atoms with Crippen molar-refractivity contribution in [2.45, 2.75) is 6.92 Å². The first-order valence-corrected chi connectivity index (χ1v) is 9.03. The molecular formula is C23H17ClN2O. The van der Waals surface area contributed by atoms with E-state index in [4.69, 9.17) is 16.6 Å². The molecule has 0 aliphatic heterocycles. The molecule has 0 N–H and O–H groups in total. The molecule has 0 fully saturated rings. The molecule has 27 heavy (non-hydrogen) atoms. The summed E-state index contributed by atoms with van der Waals surface area (Å²) in [7, 11) is 0. The van der Waals surface area contributed by atoms with E-state index in [2.05, 4.69) is 12.1 Å². The van der Waals surface area contributed by atoms with E-state index in [-0.39, 0.29) is 5.56 Å². The molecule has 0 spiro atoms. The molecule has 4 rings (SSSR count). The van der Waals surface area contributed by atoms with Gasteiger partial charge in [-0.2, -0.15) is 0 Å². The Bertz CT molecular complexity index is 1210. The molecule has 0 atom stereocenters. The summed E-state index contributed by atoms with van der Waals surface area (Å²) in [4.78, 5) is 17.9. The minimum absolute atomic E-state index is 0.141. The van der Waals surface area contributed by atoms with Crippen LogP contribution in [0.5, 0.6) is 0 Å². The molecule has 4 heteroatoms. The van der Waals surface area contributed by atoms with E-state index in [1.807, 2.05) is 67.6 Å². The van der Waals surface area contributed by atoms with E-state index in [1.165, 1.54) is 5.56 Å². The van der Waals surface area contributed by atoms with Crippen molar-refractivity contribution in [2.24, 2.45) is 0 Å². The Kier molecular flexibility index (Phi) is 4.61. The van der Waals surface area contributed by atoms with Crippen LogP contribution in [0.3, 0.4) is 0 Å². The smallest absolute Gasteiger partial charge is 0.266 e. The predicted molar refractivity (Wildman–Crippen MR) is 112 cm³/mol. The van der Waals surface area contributed by atoms with Crippen LogP contribution in [0.15, 0.2) is 77.6 Å². The summed E-state index contributed by atoms with van der Waals surface area (Å²) in [6.45, 7) is 2.05. The maximum absolute atomic E-state index is 13.2. The molecule has 3 nitrogen and oxygen atoms in total. The summed E-state index contributed by atoms with van der Waals surface area (Å²) in [6.07, 6.45) is 3.80. The Balaban J connectivity index is 1.95. The number of aromatic nitrogens is 2. The predicted octanol–water partition coefficient (Wildman–Crippen LogP) is 5.52. The minimum Gasteiger partial charge on any atom is -0.268 e. The fourth-order valence-corrected chi connectivity index (χ4v) is 3.20. The largest absolute Gasteiger partial charge is 0.268 e. The summed E-state index contributed by atoms with van der Waals surface area (Å²) in [5, 5.41) is 1.06. The van der Waals surface area contributed by atoms with Gasteiger partial charge in [0.25, 0.3) is 5.56 Å². The van der Waals surface area contributed by atoms with Gasteiger partial charge in [0.15, 0.2) is 0 Å². The fourth-order valence-electron chi connectivity index (χ4n) is 2.98. The van der Waals surface area contributed by atoms with Crippen molar-refractivity contribution in [3.8, 4) is 5.69 Å². The second kappa shape index (κ2) is 7.22. The molecule has 0 amide bonds. The summed E-state index contributed by atoms with van der Waals surface area (Å²) in [5.74, 6) is 0.535. The van der Waals surface area contributed by atoms with Gasteiger partial charge >= 0.3 is 0 Å². The minimum atomic E-state index is -0.141. The monoisotopic (exact) mass is 372 g/mol. The second-order valence-electron chi connectivity index (χ2n) is 6.32. The lowest BCUT2D eigenvalue weighted by Crippen LogP contribution is -2.22. The SMILES string of the molecule is Cc1ccc(C=Cc2nc3ccccc3c(=O)n2-c2ccccc2Cl)cc1. The van der Waals surface area contributed by atoms with Gasteiger partial charge in [-0.1, -0.05) is 71.8 Å². The Morgan fingerprint density at radius 1 is 0.889 bits per heavy atom. The van der Waals surface area contributed by atoms with Crippen LogP contribution < -0.4 is 5.56 Å². The van der Waals surface area contributed by atoms with Crippen LogP contribution in [0.4, 0.5) is 0 Å². The molecule has 1 heterocycles. The summed E-state index contributed by atoms with van der Waals surface area (Å²) in [5.41, 5.74) is 3.37. The third-order valence-electron chi connectivity index (χ3n) is 4.40. The van der Waals surface area contributed by atoms with Gasteiger partial charge in [0.2, 0.25) is 0 Å². The third-order valence-corrected chi connectivity index (χ3v) is 4.72. The van der Waals surface area contributed by atoms with Crippen molar-refractivity contribution >= 4 is 34.7 Å². The Morgan fingerprint density at radius 3 is 2.37 bits per heavy atom. The van der Waals surface area contributed by atoms with Crippen molar-refractivity contribution in [2.75, 3.05) is 0 Å². The van der Waals surface area contributed by atoms with Crippen LogP contribution in [-0.4, -0.2) is 9.55 Å². The standard InChI is InChI=1S/C23H17ClN2O/c1-16-10-12-17(13-11-16)14-15-22-25-20-8-4-2-6-18(20)23(27)26(22)21-9-5-3-7-19(21)24/h2-15H,1H3. The Hall–Kier alpha value is -3.17. The first-order chi connectivity index (χ1) is 13.1. The van der Waals surface area contributed by atoms with E-state index in [9.17, 15) is 4.79 Å². The van der Waals surface area contributed by atoms with Gasteiger partial charge in [-0.25, -0.2) is 4.98 Å². The highest BCUT2D eigenvalue weighted by Crippen LogP contribution is 2.22. The van der Waals surface area contributed by atoms with Crippen molar-refractivity contribution in [3.63, 3.8) is 0 Å². The van der Waals surface area contributed by atoms with Crippen molar-refractivity contribution in [1.82, 2.24) is 9.55 Å². The number of para-hydroxylation sites is 2. The Morgan fingerprint density at radius 2 is 1.59 bits per heavy atom. The highest BCUT2D eigenvalue weighted by atomic mass is 35.5. The second-order valence-corrected chi connectivity index (χ2v) is 6.73. The highest BCUT2D eigenvalue weighted by Gasteiger charge is 2.13. The molecule has 0 bridgehead atoms. The average Bonchev–Trinajstić information content (AvgIpc) is 2.69. The lowest BCUT2D eigenvalue weighted by atomic mass is 10.1. The fraction of sp³-hybridized carbons (Fsp3) is 0.0435. The molecule has 0 saturated carbocycles. The average molecular weight is 373 g/mol. The molecular weight excluding hydrogens is 356 g/mol. The van der Waals surface area contributed by atoms with Crippen LogP contribution in [0, 0.1) is 6.92 Å². The molecule has 0 radical (unpaired) electrons. The quantitative estimate of drug-likeness (QED) is 0.474. The van der Waals surface area contributed by atoms with E-state index in [0.29, 0.717) is 27.4 Å². The van der Waals surface area contributed by atoms with Gasteiger partial charge in [0.1, 0.15) is 5.82 Å². The first kappa shape index (κ1) is 17.3. The van der Waals surface area contributed by atoms with E-state index >= 15 is 0 Å². The maximum Gasteiger partial charge on any atom is 0.266 e. The van der Waals surface area contributed by atoms with Crippen molar-refractivity contribution < 1.29 is 0 Å². The molecule has 3 aromatic carbocycles. The summed E-state index contributed by atoms with van der Waals surface area (Å²) in [6, 6.07) is 22.8. The molecule has 0 unspecified atom stereocenters.